The van der Waals surface area contributed by atoms with E-state index in [1.54, 1.807) is 11.3 Å². The Morgan fingerprint density at radius 1 is 1.06 bits per heavy atom. The number of carbonyl (C=O) groups excluding carboxylic acids is 2. The normalized spacial score (nSPS) is 19.1. The fraction of sp³-hybridized carbons (Fsp3) is 0.600. The Morgan fingerprint density at radius 2 is 1.77 bits per heavy atom. The Hall–Kier alpha value is -2.08. The predicted octanol–water partition coefficient (Wildman–Crippen LogP) is 4.98. The SMILES string of the molecule is Cn1cccc1C(C(=O)NC1CCCCC1)N(C(=O)Cc1cccs1)C1CCCCC1. The highest BCUT2D eigenvalue weighted by atomic mass is 32.1. The number of nitrogens with one attached hydrogen (secondary N) is 1. The predicted molar refractivity (Wildman–Crippen MR) is 125 cm³/mol. The van der Waals surface area contributed by atoms with Gasteiger partial charge in [0.25, 0.3) is 0 Å². The maximum atomic E-state index is 13.7. The van der Waals surface area contributed by atoms with E-state index >= 15 is 0 Å². The van der Waals surface area contributed by atoms with Crippen LogP contribution in [-0.4, -0.2) is 33.4 Å². The first-order valence-corrected chi connectivity index (χ1v) is 12.8. The largest absolute Gasteiger partial charge is 0.352 e. The van der Waals surface area contributed by atoms with Crippen LogP contribution >= 0.6 is 11.3 Å². The number of amides is 2. The molecule has 0 spiro atoms. The molecule has 0 aliphatic heterocycles. The van der Waals surface area contributed by atoms with Crippen LogP contribution in [0.3, 0.4) is 0 Å². The second-order valence-corrected chi connectivity index (χ2v) is 10.2. The fourth-order valence-electron chi connectivity index (χ4n) is 5.26. The molecule has 2 aliphatic rings. The highest BCUT2D eigenvalue weighted by molar-refractivity contribution is 7.10. The smallest absolute Gasteiger partial charge is 0.249 e. The van der Waals surface area contributed by atoms with Gasteiger partial charge in [0.05, 0.1) is 6.42 Å². The van der Waals surface area contributed by atoms with Crippen molar-refractivity contribution in [1.82, 2.24) is 14.8 Å². The second kappa shape index (κ2) is 10.5. The van der Waals surface area contributed by atoms with Crippen molar-refractivity contribution in [2.45, 2.75) is 88.8 Å². The van der Waals surface area contributed by atoms with Crippen molar-refractivity contribution < 1.29 is 9.59 Å². The Morgan fingerprint density at radius 3 is 2.39 bits per heavy atom. The van der Waals surface area contributed by atoms with Gasteiger partial charge >= 0.3 is 0 Å². The van der Waals surface area contributed by atoms with Crippen molar-refractivity contribution >= 4 is 23.2 Å². The molecule has 0 aromatic carbocycles. The van der Waals surface area contributed by atoms with Gasteiger partial charge in [-0.1, -0.05) is 44.6 Å². The van der Waals surface area contributed by atoms with Crippen LogP contribution in [-0.2, 0) is 23.1 Å². The lowest BCUT2D eigenvalue weighted by atomic mass is 9.91. The van der Waals surface area contributed by atoms with Crippen LogP contribution in [0.2, 0.25) is 0 Å². The van der Waals surface area contributed by atoms with E-state index in [9.17, 15) is 9.59 Å². The standard InChI is InChI=1S/C25H35N3O2S/c1-27-16-8-15-22(27)24(25(30)26-19-10-4-2-5-11-19)28(20-12-6-3-7-13-20)23(29)18-21-14-9-17-31-21/h8-9,14-17,19-20,24H,2-7,10-13,18H2,1H3,(H,26,30). The maximum absolute atomic E-state index is 13.7. The van der Waals surface area contributed by atoms with Crippen molar-refractivity contribution in [3.63, 3.8) is 0 Å². The van der Waals surface area contributed by atoms with Crippen LogP contribution in [0.4, 0.5) is 0 Å². The number of thiophene rings is 1. The maximum Gasteiger partial charge on any atom is 0.249 e. The number of rotatable bonds is 7. The molecule has 4 rings (SSSR count). The molecule has 2 aromatic rings. The van der Waals surface area contributed by atoms with Gasteiger partial charge in [-0.15, -0.1) is 11.3 Å². The average Bonchev–Trinajstić information content (AvgIpc) is 3.44. The van der Waals surface area contributed by atoms with E-state index in [1.165, 1.54) is 25.7 Å². The molecule has 6 heteroatoms. The van der Waals surface area contributed by atoms with E-state index in [1.807, 2.05) is 52.4 Å². The van der Waals surface area contributed by atoms with E-state index in [-0.39, 0.29) is 23.9 Å². The number of aryl methyl sites for hydroxylation is 1. The van der Waals surface area contributed by atoms with Crippen LogP contribution in [0.5, 0.6) is 0 Å². The Labute approximate surface area is 189 Å². The first-order chi connectivity index (χ1) is 15.1. The lowest BCUT2D eigenvalue weighted by Crippen LogP contribution is -2.52. The van der Waals surface area contributed by atoms with Gasteiger partial charge in [0, 0.05) is 35.9 Å². The van der Waals surface area contributed by atoms with Crippen molar-refractivity contribution in [3.05, 3.63) is 46.4 Å². The summed E-state index contributed by atoms with van der Waals surface area (Å²) in [5.74, 6) is 0.0538. The first-order valence-electron chi connectivity index (χ1n) is 11.9. The van der Waals surface area contributed by atoms with Crippen molar-refractivity contribution in [3.8, 4) is 0 Å². The second-order valence-electron chi connectivity index (χ2n) is 9.14. The Bertz CT molecular complexity index is 848. The van der Waals surface area contributed by atoms with Gasteiger partial charge < -0.3 is 14.8 Å². The van der Waals surface area contributed by atoms with Crippen LogP contribution in [0.25, 0.3) is 0 Å². The van der Waals surface area contributed by atoms with Gasteiger partial charge in [0.2, 0.25) is 11.8 Å². The number of hydrogen-bond acceptors (Lipinski definition) is 3. The molecular weight excluding hydrogens is 406 g/mol. The number of carbonyl (C=O) groups is 2. The third-order valence-electron chi connectivity index (χ3n) is 6.90. The van der Waals surface area contributed by atoms with E-state index in [4.69, 9.17) is 0 Å². The first kappa shape index (κ1) is 22.1. The average molecular weight is 442 g/mol. The molecule has 0 radical (unpaired) electrons. The van der Waals surface area contributed by atoms with Crippen molar-refractivity contribution in [2.75, 3.05) is 0 Å². The molecule has 2 amide bonds. The van der Waals surface area contributed by atoms with Crippen molar-refractivity contribution in [2.24, 2.45) is 7.05 Å². The molecule has 2 saturated carbocycles. The van der Waals surface area contributed by atoms with Crippen LogP contribution in [0, 0.1) is 0 Å². The zero-order valence-electron chi connectivity index (χ0n) is 18.6. The quantitative estimate of drug-likeness (QED) is 0.659. The summed E-state index contributed by atoms with van der Waals surface area (Å²) in [6, 6.07) is 7.75. The molecular formula is C25H35N3O2S. The monoisotopic (exact) mass is 441 g/mol. The molecule has 0 saturated heterocycles. The van der Waals surface area contributed by atoms with Crippen LogP contribution < -0.4 is 5.32 Å². The molecule has 0 bridgehead atoms. The molecule has 1 N–H and O–H groups in total. The molecule has 1 unspecified atom stereocenters. The third kappa shape index (κ3) is 5.40. The summed E-state index contributed by atoms with van der Waals surface area (Å²) < 4.78 is 2.00. The summed E-state index contributed by atoms with van der Waals surface area (Å²) in [4.78, 5) is 30.4. The topological polar surface area (TPSA) is 54.3 Å². The van der Waals surface area contributed by atoms with Gasteiger partial charge in [0.15, 0.2) is 6.04 Å². The minimum Gasteiger partial charge on any atom is -0.352 e. The molecule has 2 aliphatic carbocycles. The molecule has 5 nitrogen and oxygen atoms in total. The lowest BCUT2D eigenvalue weighted by molar-refractivity contribution is -0.144. The minimum absolute atomic E-state index is 0.0150. The van der Waals surface area contributed by atoms with Gasteiger partial charge in [-0.2, -0.15) is 0 Å². The molecule has 1 atom stereocenters. The highest BCUT2D eigenvalue weighted by Gasteiger charge is 2.38. The minimum atomic E-state index is -0.572. The van der Waals surface area contributed by atoms with E-state index in [0.29, 0.717) is 6.42 Å². The van der Waals surface area contributed by atoms with E-state index in [0.717, 1.165) is 49.1 Å². The van der Waals surface area contributed by atoms with Crippen molar-refractivity contribution in [1.29, 1.82) is 0 Å². The Kier molecular flexibility index (Phi) is 7.49. The highest BCUT2D eigenvalue weighted by Crippen LogP contribution is 2.32. The van der Waals surface area contributed by atoms with Gasteiger partial charge in [-0.25, -0.2) is 0 Å². The van der Waals surface area contributed by atoms with Crippen LogP contribution in [0.1, 0.15) is 80.8 Å². The zero-order chi connectivity index (χ0) is 21.6. The van der Waals surface area contributed by atoms with Gasteiger partial charge in [-0.3, -0.25) is 9.59 Å². The van der Waals surface area contributed by atoms with E-state index < -0.39 is 6.04 Å². The summed E-state index contributed by atoms with van der Waals surface area (Å²) in [6.45, 7) is 0. The number of nitrogens with zero attached hydrogens (tertiary/aromatic N) is 2. The van der Waals surface area contributed by atoms with Gasteiger partial charge in [-0.05, 0) is 49.3 Å². The van der Waals surface area contributed by atoms with Gasteiger partial charge in [0.1, 0.15) is 0 Å². The number of aromatic nitrogens is 1. The lowest BCUT2D eigenvalue weighted by Gasteiger charge is -2.40. The fourth-order valence-corrected chi connectivity index (χ4v) is 5.96. The molecule has 2 aromatic heterocycles. The molecule has 2 heterocycles. The molecule has 31 heavy (non-hydrogen) atoms. The summed E-state index contributed by atoms with van der Waals surface area (Å²) in [7, 11) is 1.97. The summed E-state index contributed by atoms with van der Waals surface area (Å²) in [5.41, 5.74) is 0.901. The summed E-state index contributed by atoms with van der Waals surface area (Å²) in [5, 5.41) is 5.34. The molecule has 168 valence electrons. The van der Waals surface area contributed by atoms with E-state index in [2.05, 4.69) is 5.32 Å². The molecule has 2 fully saturated rings. The van der Waals surface area contributed by atoms with Crippen LogP contribution in [0.15, 0.2) is 35.8 Å². The number of hydrogen-bond donors (Lipinski definition) is 1. The zero-order valence-corrected chi connectivity index (χ0v) is 19.4. The Balaban J connectivity index is 1.65. The summed E-state index contributed by atoms with van der Waals surface area (Å²) in [6.07, 6.45) is 13.4. The summed E-state index contributed by atoms with van der Waals surface area (Å²) >= 11 is 1.61. The third-order valence-corrected chi connectivity index (χ3v) is 7.78.